The van der Waals surface area contributed by atoms with Gasteiger partial charge in [-0.1, -0.05) is 30.3 Å². The van der Waals surface area contributed by atoms with Gasteiger partial charge in [0.15, 0.2) is 0 Å². The summed E-state index contributed by atoms with van der Waals surface area (Å²) in [7, 11) is 1.92. The van der Waals surface area contributed by atoms with E-state index in [2.05, 4.69) is 0 Å². The molecule has 7 nitrogen and oxygen atoms in total. The molecule has 1 aromatic heterocycles. The van der Waals surface area contributed by atoms with Crippen molar-refractivity contribution in [3.8, 4) is 0 Å². The van der Waals surface area contributed by atoms with Gasteiger partial charge in [0.25, 0.3) is 16.8 Å². The Hall–Kier alpha value is -3.39. The zero-order chi connectivity index (χ0) is 19.8. The number of nitrogens with zero attached hydrogens (tertiary/aromatic N) is 3. The van der Waals surface area contributed by atoms with Crippen LogP contribution in [0.25, 0.3) is 17.0 Å². The lowest BCUT2D eigenvalue weighted by Gasteiger charge is -2.12. The van der Waals surface area contributed by atoms with Gasteiger partial charge in [0.05, 0.1) is 16.4 Å². The number of nitro benzene ring substituents is 1. The molecule has 0 spiro atoms. The fourth-order valence-electron chi connectivity index (χ4n) is 3.22. The van der Waals surface area contributed by atoms with Crippen molar-refractivity contribution in [3.63, 3.8) is 0 Å². The summed E-state index contributed by atoms with van der Waals surface area (Å²) in [5.41, 5.74) is 2.35. The summed E-state index contributed by atoms with van der Waals surface area (Å²) in [6, 6.07) is 13.8. The van der Waals surface area contributed by atoms with Crippen LogP contribution in [0.2, 0.25) is 0 Å². The van der Waals surface area contributed by atoms with Crippen molar-refractivity contribution in [2.45, 2.75) is 6.54 Å². The predicted octanol–water partition coefficient (Wildman–Crippen LogP) is 4.32. The monoisotopic (exact) mass is 393 g/mol. The summed E-state index contributed by atoms with van der Waals surface area (Å²) in [5.74, 6) is -0.394. The Morgan fingerprint density at radius 2 is 1.93 bits per heavy atom. The molecule has 1 saturated heterocycles. The smallest absolute Gasteiger partial charge is 0.293 e. The van der Waals surface area contributed by atoms with Crippen LogP contribution in [0.15, 0.2) is 59.6 Å². The maximum atomic E-state index is 12.8. The highest BCUT2D eigenvalue weighted by atomic mass is 32.2. The van der Waals surface area contributed by atoms with Gasteiger partial charge in [0.1, 0.15) is 0 Å². The van der Waals surface area contributed by atoms with Crippen molar-refractivity contribution in [2.24, 2.45) is 7.05 Å². The van der Waals surface area contributed by atoms with Gasteiger partial charge < -0.3 is 4.57 Å². The highest BCUT2D eigenvalue weighted by molar-refractivity contribution is 8.18. The average molecular weight is 393 g/mol. The minimum atomic E-state index is -0.502. The number of non-ortho nitro benzene ring substituents is 1. The van der Waals surface area contributed by atoms with Crippen molar-refractivity contribution in [1.29, 1.82) is 0 Å². The van der Waals surface area contributed by atoms with E-state index >= 15 is 0 Å². The Morgan fingerprint density at radius 3 is 2.71 bits per heavy atom. The minimum absolute atomic E-state index is 0.000770. The van der Waals surface area contributed by atoms with E-state index in [1.807, 2.05) is 42.1 Å². The molecular formula is C20H15N3O4S. The summed E-state index contributed by atoms with van der Waals surface area (Å²) < 4.78 is 1.97. The molecule has 2 aromatic carbocycles. The van der Waals surface area contributed by atoms with Crippen molar-refractivity contribution in [3.05, 3.63) is 80.9 Å². The molecule has 0 aliphatic carbocycles. The van der Waals surface area contributed by atoms with Crippen LogP contribution in [0.3, 0.4) is 0 Å². The van der Waals surface area contributed by atoms with E-state index in [9.17, 15) is 19.7 Å². The van der Waals surface area contributed by atoms with E-state index in [0.717, 1.165) is 33.1 Å². The molecule has 8 heteroatoms. The number of rotatable bonds is 4. The quantitative estimate of drug-likeness (QED) is 0.374. The van der Waals surface area contributed by atoms with Crippen LogP contribution in [0.5, 0.6) is 0 Å². The molecule has 1 aliphatic rings. The standard InChI is InChI=1S/C20H15N3O4S/c1-21-12-14(16-7-2-3-8-17(16)21)10-18-19(24)22(20(25)28-18)11-13-5-4-6-15(9-13)23(26)27/h2-10,12H,11H2,1H3/b18-10+. The number of aryl methyl sites for hydroxylation is 1. The number of hydrogen-bond acceptors (Lipinski definition) is 5. The van der Waals surface area contributed by atoms with Gasteiger partial charge in [-0.2, -0.15) is 0 Å². The summed E-state index contributed by atoms with van der Waals surface area (Å²) in [5, 5.41) is 11.5. The summed E-state index contributed by atoms with van der Waals surface area (Å²) in [6.07, 6.45) is 3.64. The molecule has 0 radical (unpaired) electrons. The molecule has 28 heavy (non-hydrogen) atoms. The van der Waals surface area contributed by atoms with E-state index in [1.54, 1.807) is 18.2 Å². The largest absolute Gasteiger partial charge is 0.350 e. The Morgan fingerprint density at radius 1 is 1.14 bits per heavy atom. The molecule has 0 bridgehead atoms. The number of nitro groups is 1. The lowest BCUT2D eigenvalue weighted by molar-refractivity contribution is -0.384. The third-order valence-corrected chi connectivity index (χ3v) is 5.46. The first-order valence-electron chi connectivity index (χ1n) is 8.47. The first kappa shape index (κ1) is 18.0. The van der Waals surface area contributed by atoms with Gasteiger partial charge in [-0.05, 0) is 29.5 Å². The second kappa shape index (κ2) is 6.97. The van der Waals surface area contributed by atoms with Gasteiger partial charge in [0.2, 0.25) is 0 Å². The van der Waals surface area contributed by atoms with Gasteiger partial charge in [-0.15, -0.1) is 0 Å². The molecule has 0 unspecified atom stereocenters. The maximum absolute atomic E-state index is 12.8. The molecule has 0 atom stereocenters. The molecule has 1 aliphatic heterocycles. The summed E-state index contributed by atoms with van der Waals surface area (Å²) in [6.45, 7) is -0.000770. The number of benzene rings is 2. The molecule has 2 heterocycles. The van der Waals surface area contributed by atoms with E-state index in [1.165, 1.54) is 12.1 Å². The van der Waals surface area contributed by atoms with Gasteiger partial charge in [-0.3, -0.25) is 24.6 Å². The van der Waals surface area contributed by atoms with Crippen LogP contribution in [0.1, 0.15) is 11.1 Å². The molecule has 0 saturated carbocycles. The van der Waals surface area contributed by atoms with Crippen LogP contribution in [0, 0.1) is 10.1 Å². The van der Waals surface area contributed by atoms with Crippen molar-refractivity contribution in [1.82, 2.24) is 9.47 Å². The number of carbonyl (C=O) groups excluding carboxylic acids is 2. The van der Waals surface area contributed by atoms with Gasteiger partial charge >= 0.3 is 0 Å². The number of para-hydroxylation sites is 1. The first-order valence-corrected chi connectivity index (χ1v) is 9.28. The van der Waals surface area contributed by atoms with Crippen molar-refractivity contribution in [2.75, 3.05) is 0 Å². The number of aromatic nitrogens is 1. The number of fused-ring (bicyclic) bond motifs is 1. The first-order chi connectivity index (χ1) is 13.4. The molecule has 4 rings (SSSR count). The normalized spacial score (nSPS) is 15.8. The van der Waals surface area contributed by atoms with E-state index < -0.39 is 10.8 Å². The molecule has 3 aromatic rings. The molecule has 140 valence electrons. The van der Waals surface area contributed by atoms with Crippen LogP contribution < -0.4 is 0 Å². The van der Waals surface area contributed by atoms with E-state index in [4.69, 9.17) is 0 Å². The highest BCUT2D eigenvalue weighted by Gasteiger charge is 2.35. The third kappa shape index (κ3) is 3.18. The Balaban J connectivity index is 1.63. The topological polar surface area (TPSA) is 85.4 Å². The van der Waals surface area contributed by atoms with Crippen molar-refractivity contribution >= 4 is 45.6 Å². The van der Waals surface area contributed by atoms with Crippen LogP contribution >= 0.6 is 11.8 Å². The van der Waals surface area contributed by atoms with Crippen molar-refractivity contribution < 1.29 is 14.5 Å². The average Bonchev–Trinajstić information content (AvgIpc) is 3.14. The maximum Gasteiger partial charge on any atom is 0.293 e. The number of imide groups is 1. The van der Waals surface area contributed by atoms with Crippen LogP contribution in [-0.2, 0) is 18.4 Å². The fourth-order valence-corrected chi connectivity index (χ4v) is 4.05. The molecule has 1 fully saturated rings. The second-order valence-electron chi connectivity index (χ2n) is 6.41. The fraction of sp³-hybridized carbons (Fsp3) is 0.100. The summed E-state index contributed by atoms with van der Waals surface area (Å²) >= 11 is 0.880. The molecule has 0 N–H and O–H groups in total. The zero-order valence-corrected chi connectivity index (χ0v) is 15.7. The lowest BCUT2D eigenvalue weighted by Crippen LogP contribution is -2.27. The lowest BCUT2D eigenvalue weighted by atomic mass is 10.1. The predicted molar refractivity (Wildman–Crippen MR) is 108 cm³/mol. The zero-order valence-electron chi connectivity index (χ0n) is 14.9. The number of thioether (sulfide) groups is 1. The molecule has 2 amide bonds. The highest BCUT2D eigenvalue weighted by Crippen LogP contribution is 2.35. The van der Waals surface area contributed by atoms with Crippen LogP contribution in [-0.4, -0.2) is 25.5 Å². The van der Waals surface area contributed by atoms with E-state index in [-0.39, 0.29) is 17.5 Å². The number of hydrogen-bond donors (Lipinski definition) is 0. The van der Waals surface area contributed by atoms with E-state index in [0.29, 0.717) is 10.5 Å². The number of amides is 2. The SMILES string of the molecule is Cn1cc(/C=C2/SC(=O)N(Cc3cccc([N+](=O)[O-])c3)C2=O)c2ccccc21. The van der Waals surface area contributed by atoms with Gasteiger partial charge in [0, 0.05) is 41.8 Å². The second-order valence-corrected chi connectivity index (χ2v) is 7.40. The number of carbonyl (C=O) groups is 2. The third-order valence-electron chi connectivity index (χ3n) is 4.55. The Bertz CT molecular complexity index is 1170. The Labute approximate surface area is 164 Å². The van der Waals surface area contributed by atoms with Gasteiger partial charge in [-0.25, -0.2) is 0 Å². The minimum Gasteiger partial charge on any atom is -0.350 e. The summed E-state index contributed by atoms with van der Waals surface area (Å²) in [4.78, 5) is 37.0. The Kier molecular flexibility index (Phi) is 4.48. The molecular weight excluding hydrogens is 378 g/mol. The van der Waals surface area contributed by atoms with Crippen LogP contribution in [0.4, 0.5) is 10.5 Å².